The molecule has 150 valence electrons. The van der Waals surface area contributed by atoms with Crippen LogP contribution in [-0.2, 0) is 22.7 Å². The summed E-state index contributed by atoms with van der Waals surface area (Å²) in [6.45, 7) is 1.43. The van der Waals surface area contributed by atoms with Crippen molar-refractivity contribution in [1.82, 2.24) is 19.8 Å². The summed E-state index contributed by atoms with van der Waals surface area (Å²) in [5, 5.41) is 0.780. The van der Waals surface area contributed by atoms with Crippen LogP contribution >= 0.6 is 22.9 Å². The van der Waals surface area contributed by atoms with Crippen molar-refractivity contribution in [2.75, 3.05) is 25.4 Å². The number of anilines is 1. The number of thiophene rings is 1. The molecule has 1 aliphatic rings. The van der Waals surface area contributed by atoms with Crippen LogP contribution in [0.2, 0.25) is 4.34 Å². The molecule has 4 rings (SSSR count). The van der Waals surface area contributed by atoms with E-state index < -0.39 is 6.09 Å². The number of ether oxygens (including phenoxy) is 1. The first-order valence-corrected chi connectivity index (χ1v) is 10.1. The fraction of sp³-hybridized carbons (Fsp3) is 0.263. The summed E-state index contributed by atoms with van der Waals surface area (Å²) in [5.74, 6) is 0.296. The second kappa shape index (κ2) is 8.22. The van der Waals surface area contributed by atoms with Gasteiger partial charge >= 0.3 is 6.09 Å². The van der Waals surface area contributed by atoms with Crippen LogP contribution in [-0.4, -0.2) is 51.4 Å². The van der Waals surface area contributed by atoms with E-state index in [0.717, 1.165) is 21.3 Å². The predicted octanol–water partition coefficient (Wildman–Crippen LogP) is 2.91. The topological polar surface area (TPSA) is 102 Å². The molecule has 1 fully saturated rings. The quantitative estimate of drug-likeness (QED) is 0.681. The van der Waals surface area contributed by atoms with E-state index in [2.05, 4.69) is 9.97 Å². The first-order valence-electron chi connectivity index (χ1n) is 8.92. The molecule has 3 aromatic rings. The molecule has 2 N–H and O–H groups in total. The van der Waals surface area contributed by atoms with Crippen molar-refractivity contribution < 1.29 is 14.3 Å². The van der Waals surface area contributed by atoms with Crippen LogP contribution in [0.25, 0.3) is 10.9 Å². The van der Waals surface area contributed by atoms with Crippen LogP contribution < -0.4 is 5.73 Å². The number of benzene rings is 1. The number of halogens is 1. The summed E-state index contributed by atoms with van der Waals surface area (Å²) in [6.07, 6.45) is 0.918. The highest BCUT2D eigenvalue weighted by Crippen LogP contribution is 2.22. The molecule has 0 radical (unpaired) electrons. The average Bonchev–Trinajstić information content (AvgIpc) is 3.13. The summed E-state index contributed by atoms with van der Waals surface area (Å²) in [4.78, 5) is 37.0. The predicted molar refractivity (Wildman–Crippen MR) is 110 cm³/mol. The second-order valence-electron chi connectivity index (χ2n) is 6.61. The summed E-state index contributed by atoms with van der Waals surface area (Å²) < 4.78 is 5.93. The minimum absolute atomic E-state index is 0.00721. The monoisotopic (exact) mass is 431 g/mol. The lowest BCUT2D eigenvalue weighted by Crippen LogP contribution is -2.51. The number of rotatable bonds is 4. The van der Waals surface area contributed by atoms with E-state index in [1.807, 2.05) is 24.3 Å². The molecular weight excluding hydrogens is 414 g/mol. The number of fused-ring (bicyclic) bond motifs is 1. The van der Waals surface area contributed by atoms with Crippen molar-refractivity contribution in [1.29, 1.82) is 0 Å². The SMILES string of the molecule is Nc1ncnc2cc(CN3CCN(C(=O)OCc4ccc(Cl)s4)CC3=O)ccc12. The maximum Gasteiger partial charge on any atom is 0.410 e. The van der Waals surface area contributed by atoms with Crippen molar-refractivity contribution >= 4 is 51.7 Å². The number of piperazine rings is 1. The molecule has 29 heavy (non-hydrogen) atoms. The largest absolute Gasteiger partial charge is 0.444 e. The van der Waals surface area contributed by atoms with Crippen molar-refractivity contribution in [3.63, 3.8) is 0 Å². The Balaban J connectivity index is 1.34. The summed E-state index contributed by atoms with van der Waals surface area (Å²) in [7, 11) is 0. The molecule has 0 atom stereocenters. The van der Waals surface area contributed by atoms with Gasteiger partial charge in [0, 0.05) is 29.9 Å². The number of aromatic nitrogens is 2. The highest BCUT2D eigenvalue weighted by atomic mass is 35.5. The first kappa shape index (κ1) is 19.4. The van der Waals surface area contributed by atoms with Gasteiger partial charge in [-0.3, -0.25) is 9.69 Å². The zero-order valence-electron chi connectivity index (χ0n) is 15.4. The Morgan fingerprint density at radius 3 is 2.86 bits per heavy atom. The standard InChI is InChI=1S/C19H18ClN5O3S/c20-16-4-2-13(29-16)10-28-19(27)25-6-5-24(17(26)9-25)8-12-1-3-14-15(7-12)22-11-23-18(14)21/h1-4,7,11H,5-6,8-10H2,(H2,21,22,23). The zero-order chi connectivity index (χ0) is 20.4. The molecule has 8 nitrogen and oxygen atoms in total. The van der Waals surface area contributed by atoms with Crippen LogP contribution in [0.4, 0.5) is 10.6 Å². The molecule has 1 saturated heterocycles. The van der Waals surface area contributed by atoms with Crippen molar-refractivity contribution in [2.24, 2.45) is 0 Å². The Labute approximate surface area is 175 Å². The molecule has 2 amide bonds. The number of hydrogen-bond donors (Lipinski definition) is 1. The lowest BCUT2D eigenvalue weighted by atomic mass is 10.1. The Hall–Kier alpha value is -2.91. The minimum atomic E-state index is -0.500. The Bertz CT molecular complexity index is 1070. The Morgan fingerprint density at radius 2 is 2.10 bits per heavy atom. The zero-order valence-corrected chi connectivity index (χ0v) is 16.9. The second-order valence-corrected chi connectivity index (χ2v) is 8.41. The number of hydrogen-bond acceptors (Lipinski definition) is 7. The van der Waals surface area contributed by atoms with Gasteiger partial charge in [0.2, 0.25) is 5.91 Å². The smallest absolute Gasteiger partial charge is 0.410 e. The van der Waals surface area contributed by atoms with Gasteiger partial charge in [-0.05, 0) is 29.8 Å². The first-order chi connectivity index (χ1) is 14.0. The fourth-order valence-corrected chi connectivity index (χ4v) is 4.13. The van der Waals surface area contributed by atoms with Crippen molar-refractivity contribution in [2.45, 2.75) is 13.2 Å². The summed E-state index contributed by atoms with van der Waals surface area (Å²) >= 11 is 7.23. The molecule has 3 heterocycles. The van der Waals surface area contributed by atoms with Gasteiger partial charge in [-0.15, -0.1) is 11.3 Å². The van der Waals surface area contributed by atoms with Gasteiger partial charge in [0.05, 0.1) is 9.85 Å². The van der Waals surface area contributed by atoms with Crippen molar-refractivity contribution in [3.8, 4) is 0 Å². The molecule has 0 aliphatic carbocycles. The number of carbonyl (C=O) groups is 2. The van der Waals surface area contributed by atoms with Gasteiger partial charge in [-0.2, -0.15) is 0 Å². The molecule has 1 aromatic carbocycles. The maximum absolute atomic E-state index is 12.5. The average molecular weight is 432 g/mol. The van der Waals surface area contributed by atoms with Crippen LogP contribution in [0.15, 0.2) is 36.7 Å². The van der Waals surface area contributed by atoms with Gasteiger partial charge in [0.1, 0.15) is 25.3 Å². The third kappa shape index (κ3) is 4.41. The third-order valence-corrected chi connectivity index (χ3v) is 5.85. The highest BCUT2D eigenvalue weighted by Gasteiger charge is 2.28. The van der Waals surface area contributed by atoms with Gasteiger partial charge in [-0.25, -0.2) is 14.8 Å². The van der Waals surface area contributed by atoms with E-state index in [4.69, 9.17) is 22.1 Å². The Morgan fingerprint density at radius 1 is 1.24 bits per heavy atom. The highest BCUT2D eigenvalue weighted by molar-refractivity contribution is 7.16. The molecule has 0 spiro atoms. The molecular formula is C19H18ClN5O3S. The third-order valence-electron chi connectivity index (χ3n) is 4.65. The van der Waals surface area contributed by atoms with E-state index in [0.29, 0.717) is 29.8 Å². The molecule has 10 heteroatoms. The van der Waals surface area contributed by atoms with E-state index >= 15 is 0 Å². The molecule has 1 aliphatic heterocycles. The number of amides is 2. The number of nitrogens with zero attached hydrogens (tertiary/aromatic N) is 4. The van der Waals surface area contributed by atoms with E-state index in [1.54, 1.807) is 11.0 Å². The van der Waals surface area contributed by atoms with E-state index in [1.165, 1.54) is 22.6 Å². The van der Waals surface area contributed by atoms with Gasteiger partial charge in [-0.1, -0.05) is 17.7 Å². The number of nitrogen functional groups attached to an aromatic ring is 1. The van der Waals surface area contributed by atoms with E-state index in [9.17, 15) is 9.59 Å². The van der Waals surface area contributed by atoms with Crippen molar-refractivity contribution in [3.05, 3.63) is 51.4 Å². The normalized spacial score (nSPS) is 14.4. The molecule has 0 unspecified atom stereocenters. The summed E-state index contributed by atoms with van der Waals surface area (Å²) in [6, 6.07) is 9.22. The van der Waals surface area contributed by atoms with Crippen LogP contribution in [0.5, 0.6) is 0 Å². The Kier molecular flexibility index (Phi) is 5.50. The van der Waals surface area contributed by atoms with Crippen LogP contribution in [0.3, 0.4) is 0 Å². The van der Waals surface area contributed by atoms with Gasteiger partial charge < -0.3 is 15.4 Å². The fourth-order valence-electron chi connectivity index (χ4n) is 3.13. The van der Waals surface area contributed by atoms with Gasteiger partial charge in [0.25, 0.3) is 0 Å². The number of carbonyl (C=O) groups excluding carboxylic acids is 2. The lowest BCUT2D eigenvalue weighted by molar-refractivity contribution is -0.136. The maximum atomic E-state index is 12.5. The van der Waals surface area contributed by atoms with Crippen LogP contribution in [0, 0.1) is 0 Å². The molecule has 0 saturated carbocycles. The van der Waals surface area contributed by atoms with Gasteiger partial charge in [0.15, 0.2) is 0 Å². The number of nitrogens with two attached hydrogens (primary N) is 1. The molecule has 2 aromatic heterocycles. The minimum Gasteiger partial charge on any atom is -0.444 e. The van der Waals surface area contributed by atoms with E-state index in [-0.39, 0.29) is 19.1 Å². The van der Waals surface area contributed by atoms with Crippen LogP contribution in [0.1, 0.15) is 10.4 Å². The lowest BCUT2D eigenvalue weighted by Gasteiger charge is -2.33. The summed E-state index contributed by atoms with van der Waals surface area (Å²) in [5.41, 5.74) is 7.52. The molecule has 0 bridgehead atoms.